The van der Waals surface area contributed by atoms with E-state index >= 15 is 0 Å². The fourth-order valence-electron chi connectivity index (χ4n) is 3.87. The number of anilines is 1. The van der Waals surface area contributed by atoms with E-state index < -0.39 is 10.0 Å². The molecule has 0 spiro atoms. The van der Waals surface area contributed by atoms with Gasteiger partial charge in [0, 0.05) is 42.2 Å². The number of aromatic amines is 1. The first-order valence-corrected chi connectivity index (χ1v) is 12.9. The molecular weight excluding hydrogens is 466 g/mol. The summed E-state index contributed by atoms with van der Waals surface area (Å²) in [6.45, 7) is 6.40. The second-order valence-electron chi connectivity index (χ2n) is 9.49. The standard InChI is InChI=1S/C26H31N3O5S/c1-26(2,3)22-15-21(20-11-8-12-27-24(20)30)18(14-23(22)34-5)16-29(4)25(31)17-9-7-10-19(13-17)28-35(6,32)33/h7-15,28H,16H2,1-6H3,(H,27,30). The lowest BCUT2D eigenvalue weighted by Crippen LogP contribution is -2.27. The Kier molecular flexibility index (Phi) is 7.40. The monoisotopic (exact) mass is 497 g/mol. The summed E-state index contributed by atoms with van der Waals surface area (Å²) in [7, 11) is -0.223. The van der Waals surface area contributed by atoms with Gasteiger partial charge in [-0.15, -0.1) is 0 Å². The molecule has 0 fully saturated rings. The van der Waals surface area contributed by atoms with E-state index in [4.69, 9.17) is 4.74 Å². The number of rotatable bonds is 7. The second kappa shape index (κ2) is 9.95. The van der Waals surface area contributed by atoms with Gasteiger partial charge < -0.3 is 14.6 Å². The van der Waals surface area contributed by atoms with Gasteiger partial charge in [0.25, 0.3) is 11.5 Å². The average Bonchev–Trinajstić information content (AvgIpc) is 2.77. The van der Waals surface area contributed by atoms with Crippen LogP contribution in [-0.4, -0.2) is 44.6 Å². The van der Waals surface area contributed by atoms with Crippen molar-refractivity contribution in [2.45, 2.75) is 32.7 Å². The number of ether oxygens (including phenoxy) is 1. The number of nitrogens with zero attached hydrogens (tertiary/aromatic N) is 1. The molecule has 0 aliphatic carbocycles. The molecule has 8 nitrogen and oxygen atoms in total. The minimum atomic E-state index is -3.47. The van der Waals surface area contributed by atoms with Crippen LogP contribution in [0.25, 0.3) is 11.1 Å². The first-order chi connectivity index (χ1) is 16.3. The molecule has 0 aliphatic rings. The number of nitrogens with one attached hydrogen (secondary N) is 2. The molecule has 186 valence electrons. The van der Waals surface area contributed by atoms with Crippen LogP contribution in [0.2, 0.25) is 0 Å². The Hall–Kier alpha value is -3.59. The van der Waals surface area contributed by atoms with E-state index in [-0.39, 0.29) is 23.4 Å². The third kappa shape index (κ3) is 6.30. The van der Waals surface area contributed by atoms with Crippen molar-refractivity contribution in [3.8, 4) is 16.9 Å². The molecule has 1 heterocycles. The van der Waals surface area contributed by atoms with E-state index in [1.807, 2.05) is 12.1 Å². The molecule has 1 amide bonds. The van der Waals surface area contributed by atoms with E-state index in [1.165, 1.54) is 11.0 Å². The maximum atomic E-state index is 13.2. The van der Waals surface area contributed by atoms with Gasteiger partial charge in [0.15, 0.2) is 0 Å². The van der Waals surface area contributed by atoms with Crippen LogP contribution in [0.5, 0.6) is 5.75 Å². The molecule has 0 aliphatic heterocycles. The highest BCUT2D eigenvalue weighted by atomic mass is 32.2. The molecule has 3 rings (SSSR count). The van der Waals surface area contributed by atoms with E-state index in [0.717, 1.165) is 17.4 Å². The molecule has 0 unspecified atom stereocenters. The molecule has 0 saturated carbocycles. The van der Waals surface area contributed by atoms with Crippen molar-refractivity contribution in [1.82, 2.24) is 9.88 Å². The molecule has 0 atom stereocenters. The summed E-state index contributed by atoms with van der Waals surface area (Å²) in [5, 5.41) is 0. The SMILES string of the molecule is COc1cc(CN(C)C(=O)c2cccc(NS(C)(=O)=O)c2)c(-c2ccc[nH]c2=O)cc1C(C)(C)C. The molecule has 9 heteroatoms. The Morgan fingerprint density at radius 1 is 1.09 bits per heavy atom. The number of hydrogen-bond donors (Lipinski definition) is 2. The quantitative estimate of drug-likeness (QED) is 0.513. The number of hydrogen-bond acceptors (Lipinski definition) is 5. The van der Waals surface area contributed by atoms with Crippen LogP contribution < -0.4 is 15.0 Å². The summed E-state index contributed by atoms with van der Waals surface area (Å²) in [4.78, 5) is 30.1. The minimum Gasteiger partial charge on any atom is -0.496 e. The number of carbonyl (C=O) groups excluding carboxylic acids is 1. The van der Waals surface area contributed by atoms with Gasteiger partial charge in [0.2, 0.25) is 10.0 Å². The summed E-state index contributed by atoms with van der Waals surface area (Å²) < 4.78 is 31.2. The summed E-state index contributed by atoms with van der Waals surface area (Å²) >= 11 is 0. The lowest BCUT2D eigenvalue weighted by Gasteiger charge is -2.26. The summed E-state index contributed by atoms with van der Waals surface area (Å²) in [5.41, 5.74) is 3.06. The molecule has 3 aromatic rings. The highest BCUT2D eigenvalue weighted by molar-refractivity contribution is 7.92. The van der Waals surface area contributed by atoms with Gasteiger partial charge in [-0.3, -0.25) is 14.3 Å². The van der Waals surface area contributed by atoms with Gasteiger partial charge in [-0.25, -0.2) is 8.42 Å². The van der Waals surface area contributed by atoms with Crippen LogP contribution in [0.1, 0.15) is 42.3 Å². The predicted octanol–water partition coefficient (Wildman–Crippen LogP) is 3.99. The smallest absolute Gasteiger partial charge is 0.255 e. The number of methoxy groups -OCH3 is 1. The van der Waals surface area contributed by atoms with Crippen molar-refractivity contribution in [3.63, 3.8) is 0 Å². The molecule has 2 N–H and O–H groups in total. The van der Waals surface area contributed by atoms with Gasteiger partial charge in [-0.05, 0) is 59.0 Å². The topological polar surface area (TPSA) is 109 Å². The van der Waals surface area contributed by atoms with E-state index in [2.05, 4.69) is 30.5 Å². The molecule has 1 aromatic heterocycles. The van der Waals surface area contributed by atoms with Crippen LogP contribution in [0, 0.1) is 0 Å². The lowest BCUT2D eigenvalue weighted by atomic mass is 9.83. The van der Waals surface area contributed by atoms with Crippen LogP contribution in [-0.2, 0) is 22.0 Å². The fourth-order valence-corrected chi connectivity index (χ4v) is 4.42. The van der Waals surface area contributed by atoms with Crippen molar-refractivity contribution in [2.75, 3.05) is 25.1 Å². The highest BCUT2D eigenvalue weighted by Gasteiger charge is 2.24. The van der Waals surface area contributed by atoms with Crippen LogP contribution in [0.15, 0.2) is 59.5 Å². The van der Waals surface area contributed by atoms with Crippen molar-refractivity contribution in [3.05, 3.63) is 81.8 Å². The van der Waals surface area contributed by atoms with Crippen LogP contribution >= 0.6 is 0 Å². The third-order valence-electron chi connectivity index (χ3n) is 5.51. The maximum absolute atomic E-state index is 13.2. The van der Waals surface area contributed by atoms with Crippen LogP contribution in [0.4, 0.5) is 5.69 Å². The predicted molar refractivity (Wildman–Crippen MR) is 138 cm³/mol. The van der Waals surface area contributed by atoms with Gasteiger partial charge in [-0.2, -0.15) is 0 Å². The summed E-state index contributed by atoms with van der Waals surface area (Å²) in [6.07, 6.45) is 2.63. The maximum Gasteiger partial charge on any atom is 0.255 e. The Balaban J connectivity index is 2.04. The zero-order chi connectivity index (χ0) is 26.0. The van der Waals surface area contributed by atoms with Gasteiger partial charge in [0.1, 0.15) is 5.75 Å². The molecule has 0 bridgehead atoms. The number of benzene rings is 2. The fraction of sp³-hybridized carbons (Fsp3) is 0.308. The molecule has 2 aromatic carbocycles. The van der Waals surface area contributed by atoms with Crippen molar-refractivity contribution >= 4 is 21.6 Å². The number of amides is 1. The van der Waals surface area contributed by atoms with Crippen molar-refractivity contribution < 1.29 is 17.9 Å². The zero-order valence-corrected chi connectivity index (χ0v) is 21.6. The number of sulfonamides is 1. The number of carbonyl (C=O) groups is 1. The molecular formula is C26H31N3O5S. The van der Waals surface area contributed by atoms with Gasteiger partial charge in [-0.1, -0.05) is 26.8 Å². The third-order valence-corrected chi connectivity index (χ3v) is 6.12. The first-order valence-electron chi connectivity index (χ1n) is 11.0. The average molecular weight is 498 g/mol. The Morgan fingerprint density at radius 3 is 2.40 bits per heavy atom. The number of H-pyrrole nitrogens is 1. The van der Waals surface area contributed by atoms with Gasteiger partial charge in [0.05, 0.1) is 13.4 Å². The normalized spacial score (nSPS) is 11.7. The zero-order valence-electron chi connectivity index (χ0n) is 20.8. The van der Waals surface area contributed by atoms with E-state index in [0.29, 0.717) is 28.1 Å². The lowest BCUT2D eigenvalue weighted by molar-refractivity contribution is 0.0785. The minimum absolute atomic E-state index is 0.201. The Bertz CT molecular complexity index is 1400. The van der Waals surface area contributed by atoms with Crippen molar-refractivity contribution in [2.24, 2.45) is 0 Å². The molecule has 35 heavy (non-hydrogen) atoms. The highest BCUT2D eigenvalue weighted by Crippen LogP contribution is 2.37. The number of aromatic nitrogens is 1. The van der Waals surface area contributed by atoms with Crippen LogP contribution in [0.3, 0.4) is 0 Å². The van der Waals surface area contributed by atoms with E-state index in [9.17, 15) is 18.0 Å². The summed E-state index contributed by atoms with van der Waals surface area (Å²) in [6, 6.07) is 13.6. The summed E-state index contributed by atoms with van der Waals surface area (Å²) in [5.74, 6) is 0.373. The van der Waals surface area contributed by atoms with Gasteiger partial charge >= 0.3 is 0 Å². The second-order valence-corrected chi connectivity index (χ2v) is 11.2. The first kappa shape index (κ1) is 26.0. The largest absolute Gasteiger partial charge is 0.496 e. The Labute approximate surface area is 206 Å². The molecule has 0 radical (unpaired) electrons. The number of pyridine rings is 1. The molecule has 0 saturated heterocycles. The van der Waals surface area contributed by atoms with Crippen molar-refractivity contribution in [1.29, 1.82) is 0 Å². The van der Waals surface area contributed by atoms with E-state index in [1.54, 1.807) is 50.7 Å². The Morgan fingerprint density at radius 2 is 1.80 bits per heavy atom.